The standard InChI is InChI=1S/C12H15NO8S/c1-3-20-12(15)11(8(2)14)21-22(18,19)10-6-4-9(5-7-10)13(16)17/h4-8,11,14H,3H2,1-2H3/t8-,11-/m1/s1. The smallest absolute Gasteiger partial charge is 0.339 e. The summed E-state index contributed by atoms with van der Waals surface area (Å²) < 4.78 is 33.3. The SMILES string of the molecule is CCOC(=O)[C@H](OS(=O)(=O)c1ccc([N+](=O)[O-])cc1)[C@@H](C)O. The normalized spacial score (nSPS) is 14.1. The Morgan fingerprint density at radius 1 is 1.36 bits per heavy atom. The number of non-ortho nitro benzene ring substituents is 1. The van der Waals surface area contributed by atoms with Crippen molar-refractivity contribution in [3.63, 3.8) is 0 Å². The number of aliphatic hydroxyl groups is 1. The summed E-state index contributed by atoms with van der Waals surface area (Å²) in [7, 11) is -4.39. The second kappa shape index (κ2) is 7.29. The third-order valence-electron chi connectivity index (χ3n) is 2.52. The quantitative estimate of drug-likeness (QED) is 0.332. The Labute approximate surface area is 126 Å². The number of nitrogens with zero attached hydrogens (tertiary/aromatic N) is 1. The molecule has 0 bridgehead atoms. The van der Waals surface area contributed by atoms with Gasteiger partial charge >= 0.3 is 5.97 Å². The highest BCUT2D eigenvalue weighted by Crippen LogP contribution is 2.20. The number of rotatable bonds is 7. The van der Waals surface area contributed by atoms with E-state index in [1.165, 1.54) is 13.8 Å². The van der Waals surface area contributed by atoms with Crippen LogP contribution in [0, 0.1) is 10.1 Å². The molecule has 2 atom stereocenters. The van der Waals surface area contributed by atoms with Crippen LogP contribution in [0.4, 0.5) is 5.69 Å². The van der Waals surface area contributed by atoms with E-state index in [0.717, 1.165) is 24.3 Å². The van der Waals surface area contributed by atoms with E-state index in [4.69, 9.17) is 0 Å². The number of benzene rings is 1. The van der Waals surface area contributed by atoms with Crippen molar-refractivity contribution in [2.24, 2.45) is 0 Å². The number of ether oxygens (including phenoxy) is 1. The molecule has 1 rings (SSSR count). The predicted molar refractivity (Wildman–Crippen MR) is 73.5 cm³/mol. The van der Waals surface area contributed by atoms with Crippen molar-refractivity contribution in [3.05, 3.63) is 34.4 Å². The van der Waals surface area contributed by atoms with Gasteiger partial charge in [0, 0.05) is 12.1 Å². The molecule has 1 N–H and O–H groups in total. The molecular weight excluding hydrogens is 318 g/mol. The molecule has 9 nitrogen and oxygen atoms in total. The topological polar surface area (TPSA) is 133 Å². The van der Waals surface area contributed by atoms with Gasteiger partial charge in [0.2, 0.25) is 0 Å². The van der Waals surface area contributed by atoms with Crippen LogP contribution in [-0.2, 0) is 23.8 Å². The first-order chi connectivity index (χ1) is 10.2. The summed E-state index contributed by atoms with van der Waals surface area (Å²) in [6, 6.07) is 3.91. The van der Waals surface area contributed by atoms with E-state index in [0.29, 0.717) is 0 Å². The summed E-state index contributed by atoms with van der Waals surface area (Å²) in [5.74, 6) is -1.03. The number of carbonyl (C=O) groups is 1. The van der Waals surface area contributed by atoms with E-state index in [2.05, 4.69) is 8.92 Å². The second-order valence-electron chi connectivity index (χ2n) is 4.21. The van der Waals surface area contributed by atoms with Gasteiger partial charge in [-0.25, -0.2) is 8.98 Å². The molecule has 1 aromatic carbocycles. The molecule has 10 heteroatoms. The highest BCUT2D eigenvalue weighted by molar-refractivity contribution is 7.86. The Kier molecular flexibility index (Phi) is 5.97. The molecule has 0 spiro atoms. The van der Waals surface area contributed by atoms with Crippen molar-refractivity contribution in [2.45, 2.75) is 31.0 Å². The van der Waals surface area contributed by atoms with Crippen molar-refractivity contribution >= 4 is 21.8 Å². The molecule has 0 saturated carbocycles. The van der Waals surface area contributed by atoms with E-state index in [-0.39, 0.29) is 17.2 Å². The van der Waals surface area contributed by atoms with Crippen molar-refractivity contribution < 1.29 is 32.2 Å². The van der Waals surface area contributed by atoms with Gasteiger partial charge in [0.05, 0.1) is 22.5 Å². The number of hydrogen-bond donors (Lipinski definition) is 1. The fraction of sp³-hybridized carbons (Fsp3) is 0.417. The minimum atomic E-state index is -4.39. The van der Waals surface area contributed by atoms with E-state index in [9.17, 15) is 28.4 Å². The predicted octanol–water partition coefficient (Wildman–Crippen LogP) is 0.613. The van der Waals surface area contributed by atoms with Gasteiger partial charge in [-0.1, -0.05) is 0 Å². The zero-order valence-electron chi connectivity index (χ0n) is 11.8. The lowest BCUT2D eigenvalue weighted by molar-refractivity contribution is -0.384. The third-order valence-corrected chi connectivity index (χ3v) is 3.83. The molecule has 0 aromatic heterocycles. The lowest BCUT2D eigenvalue weighted by Crippen LogP contribution is -2.38. The Morgan fingerprint density at radius 2 is 1.91 bits per heavy atom. The van der Waals surface area contributed by atoms with Crippen molar-refractivity contribution in [2.75, 3.05) is 6.61 Å². The first kappa shape index (κ1) is 18.0. The largest absolute Gasteiger partial charge is 0.464 e. The highest BCUT2D eigenvalue weighted by atomic mass is 32.2. The molecule has 1 aromatic rings. The van der Waals surface area contributed by atoms with Gasteiger partial charge in [0.25, 0.3) is 15.8 Å². The molecule has 22 heavy (non-hydrogen) atoms. The third kappa shape index (κ3) is 4.48. The van der Waals surface area contributed by atoms with Crippen LogP contribution in [0.15, 0.2) is 29.2 Å². The first-order valence-corrected chi connectivity index (χ1v) is 7.62. The number of nitro benzene ring substituents is 1. The molecule has 0 heterocycles. The summed E-state index contributed by atoms with van der Waals surface area (Å²) in [5, 5.41) is 20.0. The maximum absolute atomic E-state index is 12.0. The van der Waals surface area contributed by atoms with Crippen LogP contribution in [-0.4, -0.2) is 43.2 Å². The molecule has 0 saturated heterocycles. The summed E-state index contributed by atoms with van der Waals surface area (Å²) in [5.41, 5.74) is -0.295. The van der Waals surface area contributed by atoms with Gasteiger partial charge in [0.1, 0.15) is 0 Å². The maximum atomic E-state index is 12.0. The summed E-state index contributed by atoms with van der Waals surface area (Å²) in [4.78, 5) is 21.0. The summed E-state index contributed by atoms with van der Waals surface area (Å²) >= 11 is 0. The zero-order valence-corrected chi connectivity index (χ0v) is 12.6. The first-order valence-electron chi connectivity index (χ1n) is 6.21. The van der Waals surface area contributed by atoms with Gasteiger partial charge in [0.15, 0.2) is 6.10 Å². The Bertz CT molecular complexity index is 638. The van der Waals surface area contributed by atoms with Crippen molar-refractivity contribution in [1.29, 1.82) is 0 Å². The van der Waals surface area contributed by atoms with Crippen LogP contribution in [0.25, 0.3) is 0 Å². The van der Waals surface area contributed by atoms with Crippen LogP contribution in [0.1, 0.15) is 13.8 Å². The average Bonchev–Trinajstić information content (AvgIpc) is 2.44. The van der Waals surface area contributed by atoms with E-state index in [1.54, 1.807) is 0 Å². The number of carbonyl (C=O) groups excluding carboxylic acids is 1. The van der Waals surface area contributed by atoms with Crippen LogP contribution < -0.4 is 0 Å². The van der Waals surface area contributed by atoms with E-state index in [1.807, 2.05) is 0 Å². The lowest BCUT2D eigenvalue weighted by atomic mass is 10.2. The van der Waals surface area contributed by atoms with Crippen molar-refractivity contribution in [1.82, 2.24) is 0 Å². The van der Waals surface area contributed by atoms with Gasteiger partial charge in [-0.3, -0.25) is 10.1 Å². The van der Waals surface area contributed by atoms with Crippen molar-refractivity contribution in [3.8, 4) is 0 Å². The molecule has 0 radical (unpaired) electrons. The summed E-state index contributed by atoms with van der Waals surface area (Å²) in [6.45, 7) is 2.68. The number of nitro groups is 1. The molecular formula is C12H15NO8S. The average molecular weight is 333 g/mol. The second-order valence-corrected chi connectivity index (χ2v) is 5.79. The molecule has 0 aliphatic rings. The molecule has 0 aliphatic heterocycles. The fourth-order valence-electron chi connectivity index (χ4n) is 1.47. The van der Waals surface area contributed by atoms with Gasteiger partial charge in [-0.2, -0.15) is 8.42 Å². The van der Waals surface area contributed by atoms with E-state index >= 15 is 0 Å². The van der Waals surface area contributed by atoms with E-state index < -0.39 is 33.2 Å². The fourth-order valence-corrected chi connectivity index (χ4v) is 2.56. The molecule has 0 amide bonds. The molecule has 122 valence electrons. The van der Waals surface area contributed by atoms with Crippen LogP contribution >= 0.6 is 0 Å². The number of esters is 1. The van der Waals surface area contributed by atoms with Gasteiger partial charge in [-0.15, -0.1) is 0 Å². The zero-order chi connectivity index (χ0) is 16.9. The minimum absolute atomic E-state index is 0.0109. The van der Waals surface area contributed by atoms with Gasteiger partial charge < -0.3 is 9.84 Å². The summed E-state index contributed by atoms with van der Waals surface area (Å²) in [6.07, 6.45) is -3.15. The monoisotopic (exact) mass is 333 g/mol. The molecule has 0 unspecified atom stereocenters. The number of hydrogen-bond acceptors (Lipinski definition) is 8. The number of aliphatic hydroxyl groups excluding tert-OH is 1. The molecule has 0 aliphatic carbocycles. The van der Waals surface area contributed by atoms with Crippen LogP contribution in [0.2, 0.25) is 0 Å². The molecule has 0 fully saturated rings. The van der Waals surface area contributed by atoms with Gasteiger partial charge in [-0.05, 0) is 26.0 Å². The highest BCUT2D eigenvalue weighted by Gasteiger charge is 2.32. The Morgan fingerprint density at radius 3 is 2.32 bits per heavy atom. The Hall–Kier alpha value is -2.04. The van der Waals surface area contributed by atoms with Crippen LogP contribution in [0.5, 0.6) is 0 Å². The minimum Gasteiger partial charge on any atom is -0.464 e. The Balaban J connectivity index is 3.01. The maximum Gasteiger partial charge on any atom is 0.339 e. The lowest BCUT2D eigenvalue weighted by Gasteiger charge is -2.18. The van der Waals surface area contributed by atoms with Crippen LogP contribution in [0.3, 0.4) is 0 Å².